The van der Waals surface area contributed by atoms with Crippen LogP contribution in [0.5, 0.6) is 0 Å². The molecule has 0 aromatic carbocycles. The minimum absolute atomic E-state index is 0.0427. The summed E-state index contributed by atoms with van der Waals surface area (Å²) in [4.78, 5) is 21.9. The second-order valence-electron chi connectivity index (χ2n) is 6.83. The number of carbonyl (C=O) groups is 2. The molecule has 0 spiro atoms. The van der Waals surface area contributed by atoms with Gasteiger partial charge in [-0.25, -0.2) is 0 Å². The molecule has 2 N–H and O–H groups in total. The van der Waals surface area contributed by atoms with Crippen LogP contribution in [-0.2, 0) is 9.59 Å². The number of aliphatic carboxylic acids is 1. The average Bonchev–Trinajstić information content (AvgIpc) is 2.62. The van der Waals surface area contributed by atoms with Gasteiger partial charge in [0.15, 0.2) is 0 Å². The number of nitrogens with one attached hydrogen (secondary N) is 1. The summed E-state index contributed by atoms with van der Waals surface area (Å²) in [6.45, 7) is 2.70. The van der Waals surface area contributed by atoms with Crippen LogP contribution in [-0.4, -0.2) is 23.5 Å². The predicted molar refractivity (Wildman–Crippen MR) is 109 cm³/mol. The molecule has 26 heavy (non-hydrogen) atoms. The Kier molecular flexibility index (Phi) is 18.5. The Morgan fingerprint density at radius 2 is 1.38 bits per heavy atom. The highest BCUT2D eigenvalue weighted by molar-refractivity contribution is 5.75. The maximum Gasteiger partial charge on any atom is 0.303 e. The van der Waals surface area contributed by atoms with Gasteiger partial charge in [-0.2, -0.15) is 0 Å². The summed E-state index contributed by atoms with van der Waals surface area (Å²) in [5.74, 6) is -0.769. The van der Waals surface area contributed by atoms with Crippen molar-refractivity contribution in [3.8, 4) is 0 Å². The van der Waals surface area contributed by atoms with Gasteiger partial charge in [-0.05, 0) is 44.9 Å². The zero-order valence-corrected chi connectivity index (χ0v) is 16.7. The summed E-state index contributed by atoms with van der Waals surface area (Å²) >= 11 is 0. The Hall–Kier alpha value is -1.58. The molecule has 0 fully saturated rings. The van der Waals surface area contributed by atoms with Crippen LogP contribution in [0.2, 0.25) is 0 Å². The van der Waals surface area contributed by atoms with E-state index >= 15 is 0 Å². The largest absolute Gasteiger partial charge is 0.481 e. The first-order valence-corrected chi connectivity index (χ1v) is 10.4. The van der Waals surface area contributed by atoms with Crippen molar-refractivity contribution in [1.29, 1.82) is 0 Å². The number of carbonyl (C=O) groups excluding carboxylic acids is 1. The van der Waals surface area contributed by atoms with Crippen molar-refractivity contribution < 1.29 is 14.7 Å². The van der Waals surface area contributed by atoms with Crippen molar-refractivity contribution in [2.75, 3.05) is 6.54 Å². The van der Waals surface area contributed by atoms with Crippen molar-refractivity contribution in [1.82, 2.24) is 5.32 Å². The molecule has 0 aliphatic carbocycles. The van der Waals surface area contributed by atoms with Crippen molar-refractivity contribution in [2.24, 2.45) is 0 Å². The first-order valence-electron chi connectivity index (χ1n) is 10.4. The summed E-state index contributed by atoms with van der Waals surface area (Å²) in [6.07, 6.45) is 23.2. The Balaban J connectivity index is 3.29. The number of hydrogen-bond acceptors (Lipinski definition) is 2. The van der Waals surface area contributed by atoms with E-state index in [-0.39, 0.29) is 12.3 Å². The third kappa shape index (κ3) is 20.5. The summed E-state index contributed by atoms with van der Waals surface area (Å²) in [5.41, 5.74) is 0. The van der Waals surface area contributed by atoms with Gasteiger partial charge in [0, 0.05) is 19.4 Å². The number of carboxylic acid groups (broad SMARTS) is 1. The quantitative estimate of drug-likeness (QED) is 0.239. The van der Waals surface area contributed by atoms with E-state index in [1.54, 1.807) is 0 Å². The highest BCUT2D eigenvalue weighted by atomic mass is 16.4. The molecule has 4 nitrogen and oxygen atoms in total. The Morgan fingerprint density at radius 1 is 0.769 bits per heavy atom. The highest BCUT2D eigenvalue weighted by Crippen LogP contribution is 2.08. The summed E-state index contributed by atoms with van der Waals surface area (Å²) in [6, 6.07) is 0. The van der Waals surface area contributed by atoms with E-state index < -0.39 is 5.97 Å². The van der Waals surface area contributed by atoms with E-state index in [1.807, 2.05) is 0 Å². The van der Waals surface area contributed by atoms with Crippen LogP contribution in [0, 0.1) is 0 Å². The third-order valence-electron chi connectivity index (χ3n) is 4.24. The van der Waals surface area contributed by atoms with Crippen LogP contribution in [0.15, 0.2) is 24.3 Å². The fourth-order valence-corrected chi connectivity index (χ4v) is 2.65. The van der Waals surface area contributed by atoms with Gasteiger partial charge in [0.2, 0.25) is 5.91 Å². The van der Waals surface area contributed by atoms with Crippen LogP contribution in [0.25, 0.3) is 0 Å². The maximum absolute atomic E-state index is 11.5. The SMILES string of the molecule is CCCCCC=CCC=CCCCCCCCC(=O)NCCCC(=O)O. The molecular formula is C22H39NO3. The van der Waals surface area contributed by atoms with Gasteiger partial charge in [-0.3, -0.25) is 9.59 Å². The van der Waals surface area contributed by atoms with Crippen molar-refractivity contribution >= 4 is 11.9 Å². The molecule has 0 rings (SSSR count). The normalized spacial score (nSPS) is 11.4. The van der Waals surface area contributed by atoms with Gasteiger partial charge in [-0.1, -0.05) is 63.3 Å². The van der Waals surface area contributed by atoms with Crippen LogP contribution in [0.3, 0.4) is 0 Å². The molecule has 0 aromatic rings. The number of rotatable bonds is 18. The van der Waals surface area contributed by atoms with Gasteiger partial charge in [0.05, 0.1) is 0 Å². The van der Waals surface area contributed by atoms with E-state index in [2.05, 4.69) is 36.5 Å². The third-order valence-corrected chi connectivity index (χ3v) is 4.24. The van der Waals surface area contributed by atoms with E-state index in [0.717, 1.165) is 25.7 Å². The van der Waals surface area contributed by atoms with E-state index in [0.29, 0.717) is 19.4 Å². The zero-order valence-electron chi connectivity index (χ0n) is 16.7. The number of amides is 1. The van der Waals surface area contributed by atoms with Gasteiger partial charge >= 0.3 is 5.97 Å². The maximum atomic E-state index is 11.5. The second-order valence-corrected chi connectivity index (χ2v) is 6.83. The lowest BCUT2D eigenvalue weighted by Crippen LogP contribution is -2.24. The number of carboxylic acids is 1. The average molecular weight is 366 g/mol. The van der Waals surface area contributed by atoms with E-state index in [4.69, 9.17) is 5.11 Å². The molecule has 0 atom stereocenters. The Labute approximate surface area is 160 Å². The molecule has 0 saturated heterocycles. The standard InChI is InChI=1S/C22H39NO3/c1-2-3-4-5-6-7-8-9-10-11-12-13-14-15-16-18-21(24)23-20-17-19-22(25)26/h6-7,9-10H,2-5,8,11-20H2,1H3,(H,23,24)(H,25,26). The summed E-state index contributed by atoms with van der Waals surface area (Å²) in [7, 11) is 0. The van der Waals surface area contributed by atoms with Gasteiger partial charge in [-0.15, -0.1) is 0 Å². The lowest BCUT2D eigenvalue weighted by molar-refractivity contribution is -0.137. The molecule has 0 aliphatic rings. The Morgan fingerprint density at radius 3 is 2.04 bits per heavy atom. The molecule has 0 saturated carbocycles. The molecule has 0 heterocycles. The topological polar surface area (TPSA) is 66.4 Å². The monoisotopic (exact) mass is 365 g/mol. The summed E-state index contributed by atoms with van der Waals surface area (Å²) in [5, 5.41) is 11.3. The second kappa shape index (κ2) is 19.7. The molecule has 0 unspecified atom stereocenters. The molecule has 0 aromatic heterocycles. The highest BCUT2D eigenvalue weighted by Gasteiger charge is 2.01. The summed E-state index contributed by atoms with van der Waals surface area (Å²) < 4.78 is 0. The van der Waals surface area contributed by atoms with Crippen molar-refractivity contribution in [3.63, 3.8) is 0 Å². The molecular weight excluding hydrogens is 326 g/mol. The number of hydrogen-bond donors (Lipinski definition) is 2. The first-order chi connectivity index (χ1) is 12.7. The smallest absolute Gasteiger partial charge is 0.303 e. The van der Waals surface area contributed by atoms with Crippen molar-refractivity contribution in [2.45, 2.75) is 96.8 Å². The van der Waals surface area contributed by atoms with Gasteiger partial charge in [0.1, 0.15) is 0 Å². The molecule has 0 aliphatic heterocycles. The van der Waals surface area contributed by atoms with Crippen LogP contribution < -0.4 is 5.32 Å². The lowest BCUT2D eigenvalue weighted by Gasteiger charge is -2.04. The lowest BCUT2D eigenvalue weighted by atomic mass is 10.1. The Bertz CT molecular complexity index is 402. The minimum atomic E-state index is -0.812. The van der Waals surface area contributed by atoms with Crippen LogP contribution >= 0.6 is 0 Å². The molecule has 1 amide bonds. The van der Waals surface area contributed by atoms with Gasteiger partial charge < -0.3 is 10.4 Å². The number of unbranched alkanes of at least 4 members (excludes halogenated alkanes) is 8. The number of allylic oxidation sites excluding steroid dienone is 4. The molecule has 150 valence electrons. The minimum Gasteiger partial charge on any atom is -0.481 e. The predicted octanol–water partition coefficient (Wildman–Crippen LogP) is 5.78. The van der Waals surface area contributed by atoms with Gasteiger partial charge in [0.25, 0.3) is 0 Å². The van der Waals surface area contributed by atoms with E-state index in [9.17, 15) is 9.59 Å². The first kappa shape index (κ1) is 24.4. The fourth-order valence-electron chi connectivity index (χ4n) is 2.65. The van der Waals surface area contributed by atoms with Crippen LogP contribution in [0.1, 0.15) is 96.8 Å². The molecule has 4 heteroatoms. The van der Waals surface area contributed by atoms with Crippen LogP contribution in [0.4, 0.5) is 0 Å². The van der Waals surface area contributed by atoms with E-state index in [1.165, 1.54) is 44.9 Å². The molecule has 0 bridgehead atoms. The zero-order chi connectivity index (χ0) is 19.3. The van der Waals surface area contributed by atoms with Crippen molar-refractivity contribution in [3.05, 3.63) is 24.3 Å². The molecule has 0 radical (unpaired) electrons. The fraction of sp³-hybridized carbons (Fsp3) is 0.727.